The molecule has 0 saturated heterocycles. The van der Waals surface area contributed by atoms with Crippen LogP contribution >= 0.6 is 0 Å². The van der Waals surface area contributed by atoms with E-state index in [2.05, 4.69) is 16.6 Å². The number of rotatable bonds is 3. The van der Waals surface area contributed by atoms with Gasteiger partial charge in [0, 0.05) is 0 Å². The SMILES string of the molecule is C=C/C=C(C)\C(C#N)=N\OC. The van der Waals surface area contributed by atoms with Crippen LogP contribution in [0, 0.1) is 11.3 Å². The Kier molecular flexibility index (Phi) is 4.50. The Balaban J connectivity index is 4.54. The summed E-state index contributed by atoms with van der Waals surface area (Å²) in [4.78, 5) is 4.45. The van der Waals surface area contributed by atoms with Gasteiger partial charge in [0.15, 0.2) is 5.71 Å². The van der Waals surface area contributed by atoms with Crippen molar-refractivity contribution in [2.45, 2.75) is 6.92 Å². The van der Waals surface area contributed by atoms with Crippen molar-refractivity contribution in [2.24, 2.45) is 5.16 Å². The van der Waals surface area contributed by atoms with Gasteiger partial charge >= 0.3 is 0 Å². The van der Waals surface area contributed by atoms with Gasteiger partial charge in [-0.2, -0.15) is 5.26 Å². The first-order valence-corrected chi connectivity index (χ1v) is 3.07. The van der Waals surface area contributed by atoms with E-state index in [1.165, 1.54) is 7.11 Å². The molecule has 0 aliphatic rings. The van der Waals surface area contributed by atoms with Crippen LogP contribution in [0.2, 0.25) is 0 Å². The van der Waals surface area contributed by atoms with Crippen molar-refractivity contribution in [2.75, 3.05) is 7.11 Å². The topological polar surface area (TPSA) is 45.4 Å². The lowest BCUT2D eigenvalue weighted by molar-refractivity contribution is 0.214. The van der Waals surface area contributed by atoms with E-state index in [0.29, 0.717) is 0 Å². The third-order valence-electron chi connectivity index (χ3n) is 1.03. The van der Waals surface area contributed by atoms with Crippen molar-refractivity contribution in [3.05, 3.63) is 24.3 Å². The van der Waals surface area contributed by atoms with Crippen molar-refractivity contribution in [3.8, 4) is 6.07 Å². The second-order valence-electron chi connectivity index (χ2n) is 1.82. The van der Waals surface area contributed by atoms with Crippen LogP contribution in [0.4, 0.5) is 0 Å². The van der Waals surface area contributed by atoms with E-state index in [1.54, 1.807) is 19.1 Å². The molecule has 0 heterocycles. The lowest BCUT2D eigenvalue weighted by Gasteiger charge is -1.93. The summed E-state index contributed by atoms with van der Waals surface area (Å²) < 4.78 is 0. The zero-order valence-electron chi connectivity index (χ0n) is 6.66. The van der Waals surface area contributed by atoms with Gasteiger partial charge in [-0.25, -0.2) is 0 Å². The van der Waals surface area contributed by atoms with Crippen LogP contribution in [0.3, 0.4) is 0 Å². The highest BCUT2D eigenvalue weighted by Gasteiger charge is 1.98. The van der Waals surface area contributed by atoms with E-state index in [0.717, 1.165) is 5.57 Å². The van der Waals surface area contributed by atoms with Crippen LogP contribution in [0.1, 0.15) is 6.92 Å². The van der Waals surface area contributed by atoms with Gasteiger partial charge in [-0.3, -0.25) is 0 Å². The van der Waals surface area contributed by atoms with Crippen molar-refractivity contribution < 1.29 is 4.84 Å². The molecule has 3 nitrogen and oxygen atoms in total. The summed E-state index contributed by atoms with van der Waals surface area (Å²) >= 11 is 0. The van der Waals surface area contributed by atoms with Gasteiger partial charge in [0.25, 0.3) is 0 Å². The molecule has 0 unspecified atom stereocenters. The second kappa shape index (κ2) is 5.24. The lowest BCUT2D eigenvalue weighted by Crippen LogP contribution is -1.96. The Morgan fingerprint density at radius 3 is 2.73 bits per heavy atom. The predicted molar refractivity (Wildman–Crippen MR) is 44.0 cm³/mol. The number of oxime groups is 1. The summed E-state index contributed by atoms with van der Waals surface area (Å²) in [6.07, 6.45) is 3.29. The molecule has 0 aliphatic heterocycles. The molecule has 0 fully saturated rings. The molecule has 0 radical (unpaired) electrons. The summed E-state index contributed by atoms with van der Waals surface area (Å²) in [5.74, 6) is 0. The highest BCUT2D eigenvalue weighted by Crippen LogP contribution is 1.96. The van der Waals surface area contributed by atoms with Crippen LogP contribution in [-0.2, 0) is 4.84 Å². The van der Waals surface area contributed by atoms with Gasteiger partial charge in [-0.15, -0.1) is 0 Å². The van der Waals surface area contributed by atoms with Gasteiger partial charge < -0.3 is 4.84 Å². The third kappa shape index (κ3) is 3.21. The highest BCUT2D eigenvalue weighted by atomic mass is 16.6. The fraction of sp³-hybridized carbons (Fsp3) is 0.250. The Labute approximate surface area is 66.3 Å². The molecule has 0 N–H and O–H groups in total. The summed E-state index contributed by atoms with van der Waals surface area (Å²) in [5, 5.41) is 12.0. The maximum atomic E-state index is 8.52. The largest absolute Gasteiger partial charge is 0.398 e. The fourth-order valence-electron chi connectivity index (χ4n) is 0.528. The molecule has 58 valence electrons. The Morgan fingerprint density at radius 1 is 1.73 bits per heavy atom. The zero-order valence-corrected chi connectivity index (χ0v) is 6.66. The predicted octanol–water partition coefficient (Wildman–Crippen LogP) is 1.64. The van der Waals surface area contributed by atoms with Crippen molar-refractivity contribution in [3.63, 3.8) is 0 Å². The first-order chi connectivity index (χ1) is 5.26. The average molecular weight is 150 g/mol. The minimum Gasteiger partial charge on any atom is -0.398 e. The van der Waals surface area contributed by atoms with Crippen LogP contribution in [0.25, 0.3) is 0 Å². The molecular formula is C8H10N2O. The van der Waals surface area contributed by atoms with E-state index in [9.17, 15) is 0 Å². The number of nitriles is 1. The van der Waals surface area contributed by atoms with Gasteiger partial charge in [-0.1, -0.05) is 23.9 Å². The number of hydrogen-bond acceptors (Lipinski definition) is 3. The molecule has 0 aromatic rings. The van der Waals surface area contributed by atoms with Crippen LogP contribution < -0.4 is 0 Å². The molecule has 0 atom stereocenters. The third-order valence-corrected chi connectivity index (χ3v) is 1.03. The molecule has 0 amide bonds. The number of hydrogen-bond donors (Lipinski definition) is 0. The molecule has 0 saturated carbocycles. The van der Waals surface area contributed by atoms with Crippen LogP contribution in [0.5, 0.6) is 0 Å². The minimum absolute atomic E-state index is 0.271. The first kappa shape index (κ1) is 9.44. The van der Waals surface area contributed by atoms with E-state index < -0.39 is 0 Å². The Bertz CT molecular complexity index is 233. The lowest BCUT2D eigenvalue weighted by atomic mass is 10.2. The van der Waals surface area contributed by atoms with E-state index in [4.69, 9.17) is 5.26 Å². The molecule has 0 aromatic heterocycles. The van der Waals surface area contributed by atoms with Crippen molar-refractivity contribution in [1.29, 1.82) is 5.26 Å². The highest BCUT2D eigenvalue weighted by molar-refractivity contribution is 6.10. The zero-order chi connectivity index (χ0) is 8.69. The summed E-state index contributed by atoms with van der Waals surface area (Å²) in [6.45, 7) is 5.26. The molecule has 0 bridgehead atoms. The van der Waals surface area contributed by atoms with Crippen molar-refractivity contribution >= 4 is 5.71 Å². The number of allylic oxidation sites excluding steroid dienone is 3. The van der Waals surface area contributed by atoms with Crippen LogP contribution in [0.15, 0.2) is 29.5 Å². The molecule has 11 heavy (non-hydrogen) atoms. The monoisotopic (exact) mass is 150 g/mol. The van der Waals surface area contributed by atoms with Crippen LogP contribution in [-0.4, -0.2) is 12.8 Å². The summed E-state index contributed by atoms with van der Waals surface area (Å²) in [7, 11) is 1.40. The standard InChI is InChI=1S/C8H10N2O/c1-4-5-7(2)8(6-9)10-11-3/h4-5H,1H2,2-3H3/b7-5-,10-8+. The van der Waals surface area contributed by atoms with Gasteiger partial charge in [-0.05, 0) is 12.5 Å². The average Bonchev–Trinajstić information content (AvgIpc) is 2.00. The van der Waals surface area contributed by atoms with Gasteiger partial charge in [0.05, 0.1) is 0 Å². The Morgan fingerprint density at radius 2 is 2.36 bits per heavy atom. The normalized spacial score (nSPS) is 12.1. The first-order valence-electron chi connectivity index (χ1n) is 3.07. The fourth-order valence-corrected chi connectivity index (χ4v) is 0.528. The second-order valence-corrected chi connectivity index (χ2v) is 1.82. The van der Waals surface area contributed by atoms with E-state index >= 15 is 0 Å². The van der Waals surface area contributed by atoms with Gasteiger partial charge in [0.2, 0.25) is 0 Å². The molecule has 0 aliphatic carbocycles. The summed E-state index contributed by atoms with van der Waals surface area (Å²) in [5.41, 5.74) is 1.01. The molecule has 0 aromatic carbocycles. The number of nitrogens with zero attached hydrogens (tertiary/aromatic N) is 2. The van der Waals surface area contributed by atoms with Crippen molar-refractivity contribution in [1.82, 2.24) is 0 Å². The smallest absolute Gasteiger partial charge is 0.182 e. The van der Waals surface area contributed by atoms with E-state index in [-0.39, 0.29) is 5.71 Å². The molecule has 0 spiro atoms. The molecular weight excluding hydrogens is 140 g/mol. The molecule has 3 heteroatoms. The van der Waals surface area contributed by atoms with Gasteiger partial charge in [0.1, 0.15) is 13.2 Å². The minimum atomic E-state index is 0.271. The quantitative estimate of drug-likeness (QED) is 0.349. The summed E-state index contributed by atoms with van der Waals surface area (Å²) in [6, 6.07) is 1.90. The Hall–Kier alpha value is -1.56. The molecule has 0 rings (SSSR count). The maximum absolute atomic E-state index is 8.52. The van der Waals surface area contributed by atoms with E-state index in [1.807, 2.05) is 6.07 Å². The maximum Gasteiger partial charge on any atom is 0.182 e.